The summed E-state index contributed by atoms with van der Waals surface area (Å²) in [6.07, 6.45) is 2.11. The Bertz CT molecular complexity index is 1000. The highest BCUT2D eigenvalue weighted by atomic mass is 16.3. The van der Waals surface area contributed by atoms with Crippen LogP contribution in [-0.4, -0.2) is 12.5 Å². The van der Waals surface area contributed by atoms with Gasteiger partial charge < -0.3 is 9.73 Å². The van der Waals surface area contributed by atoms with Gasteiger partial charge in [0.25, 0.3) is 5.91 Å². The zero-order chi connectivity index (χ0) is 17.4. The van der Waals surface area contributed by atoms with Crippen molar-refractivity contribution in [1.82, 2.24) is 5.32 Å². The highest BCUT2D eigenvalue weighted by molar-refractivity contribution is 5.93. The number of carbonyl (C=O) groups excluding carboxylic acids is 1. The molecule has 0 aliphatic heterocycles. The Morgan fingerprint density at radius 2 is 1.88 bits per heavy atom. The molecule has 0 bridgehead atoms. The summed E-state index contributed by atoms with van der Waals surface area (Å²) >= 11 is 0. The van der Waals surface area contributed by atoms with E-state index >= 15 is 0 Å². The van der Waals surface area contributed by atoms with Crippen molar-refractivity contribution < 1.29 is 9.21 Å². The van der Waals surface area contributed by atoms with E-state index < -0.39 is 0 Å². The summed E-state index contributed by atoms with van der Waals surface area (Å²) in [6.45, 7) is 2.46. The van der Waals surface area contributed by atoms with Gasteiger partial charge in [0.2, 0.25) is 0 Å². The van der Waals surface area contributed by atoms with Crippen LogP contribution in [0, 0.1) is 6.92 Å². The van der Waals surface area contributed by atoms with Crippen molar-refractivity contribution in [3.05, 3.63) is 81.7 Å². The van der Waals surface area contributed by atoms with Crippen molar-refractivity contribution in [3.8, 4) is 0 Å². The van der Waals surface area contributed by atoms with Crippen molar-refractivity contribution in [3.63, 3.8) is 0 Å². The lowest BCUT2D eigenvalue weighted by Gasteiger charge is -2.16. The number of fused-ring (bicyclic) bond motifs is 1. The topological polar surface area (TPSA) is 59.3 Å². The van der Waals surface area contributed by atoms with Gasteiger partial charge in [-0.25, -0.2) is 0 Å². The summed E-state index contributed by atoms with van der Waals surface area (Å²) in [7, 11) is 0. The van der Waals surface area contributed by atoms with E-state index in [4.69, 9.17) is 4.42 Å². The van der Waals surface area contributed by atoms with Crippen LogP contribution in [0.1, 0.15) is 34.5 Å². The Kier molecular flexibility index (Phi) is 3.68. The van der Waals surface area contributed by atoms with E-state index in [2.05, 4.69) is 17.4 Å². The molecule has 0 atom stereocenters. The molecule has 0 unspecified atom stereocenters. The number of aryl methyl sites for hydroxylation is 1. The van der Waals surface area contributed by atoms with Crippen molar-refractivity contribution in [2.24, 2.45) is 0 Å². The molecule has 1 amide bonds. The summed E-state index contributed by atoms with van der Waals surface area (Å²) in [5.74, 6) is -0.285. The van der Waals surface area contributed by atoms with Crippen LogP contribution < -0.4 is 10.7 Å². The zero-order valence-corrected chi connectivity index (χ0v) is 14.0. The van der Waals surface area contributed by atoms with Crippen LogP contribution in [0.15, 0.2) is 63.8 Å². The Hall–Kier alpha value is -2.88. The van der Waals surface area contributed by atoms with Gasteiger partial charge in [0, 0.05) is 18.0 Å². The molecular formula is C21H19NO3. The summed E-state index contributed by atoms with van der Waals surface area (Å²) in [5.41, 5.74) is 2.48. The first kappa shape index (κ1) is 15.6. The van der Waals surface area contributed by atoms with Crippen molar-refractivity contribution >= 4 is 16.9 Å². The number of benzene rings is 2. The van der Waals surface area contributed by atoms with Crippen LogP contribution in [-0.2, 0) is 5.41 Å². The van der Waals surface area contributed by atoms with E-state index in [0.29, 0.717) is 17.5 Å². The molecular weight excluding hydrogens is 314 g/mol. The lowest BCUT2D eigenvalue weighted by Crippen LogP contribution is -2.32. The SMILES string of the molecule is Cc1ccc2oc(C(=O)NCC3(c4ccccc4)CC3)cc(=O)c2c1. The molecule has 0 saturated heterocycles. The maximum atomic E-state index is 12.5. The van der Waals surface area contributed by atoms with Gasteiger partial charge in [-0.2, -0.15) is 0 Å². The van der Waals surface area contributed by atoms with Crippen LogP contribution in [0.5, 0.6) is 0 Å². The van der Waals surface area contributed by atoms with Gasteiger partial charge in [0.05, 0.1) is 5.39 Å². The van der Waals surface area contributed by atoms with Crippen molar-refractivity contribution in [1.29, 1.82) is 0 Å². The first-order valence-corrected chi connectivity index (χ1v) is 8.46. The molecule has 4 rings (SSSR count). The smallest absolute Gasteiger partial charge is 0.287 e. The quantitative estimate of drug-likeness (QED) is 0.794. The predicted molar refractivity (Wildman–Crippen MR) is 96.9 cm³/mol. The highest BCUT2D eigenvalue weighted by Gasteiger charge is 2.44. The third kappa shape index (κ3) is 2.95. The van der Waals surface area contributed by atoms with E-state index in [9.17, 15) is 9.59 Å². The van der Waals surface area contributed by atoms with Gasteiger partial charge >= 0.3 is 0 Å². The minimum absolute atomic E-state index is 0.0190. The normalized spacial score (nSPS) is 15.1. The van der Waals surface area contributed by atoms with Crippen LogP contribution >= 0.6 is 0 Å². The number of hydrogen-bond donors (Lipinski definition) is 1. The second kappa shape index (κ2) is 5.88. The summed E-state index contributed by atoms with van der Waals surface area (Å²) in [4.78, 5) is 24.7. The molecule has 4 heteroatoms. The molecule has 3 aromatic rings. The first-order chi connectivity index (χ1) is 12.1. The lowest BCUT2D eigenvalue weighted by molar-refractivity contribution is 0.0922. The minimum atomic E-state index is -0.346. The largest absolute Gasteiger partial charge is 0.451 e. The van der Waals surface area contributed by atoms with E-state index in [-0.39, 0.29) is 22.5 Å². The zero-order valence-electron chi connectivity index (χ0n) is 14.0. The minimum Gasteiger partial charge on any atom is -0.451 e. The average molecular weight is 333 g/mol. The molecule has 0 radical (unpaired) electrons. The van der Waals surface area contributed by atoms with Crippen LogP contribution in [0.4, 0.5) is 0 Å². The van der Waals surface area contributed by atoms with Crippen LogP contribution in [0.3, 0.4) is 0 Å². The highest BCUT2D eigenvalue weighted by Crippen LogP contribution is 2.47. The number of carbonyl (C=O) groups is 1. The molecule has 1 saturated carbocycles. The van der Waals surface area contributed by atoms with E-state index in [0.717, 1.165) is 18.4 Å². The molecule has 126 valence electrons. The van der Waals surface area contributed by atoms with E-state index in [1.165, 1.54) is 11.6 Å². The molecule has 0 spiro atoms. The standard InChI is InChI=1S/C21H19NO3/c1-14-7-8-18-16(11-14)17(23)12-19(25-18)20(24)22-13-21(9-10-21)15-5-3-2-4-6-15/h2-8,11-12H,9-10,13H2,1H3,(H,22,24). The first-order valence-electron chi connectivity index (χ1n) is 8.46. The maximum absolute atomic E-state index is 12.5. The fraction of sp³-hybridized carbons (Fsp3) is 0.238. The van der Waals surface area contributed by atoms with Gasteiger partial charge in [0.1, 0.15) is 5.58 Å². The number of hydrogen-bond acceptors (Lipinski definition) is 3. The second-order valence-electron chi connectivity index (χ2n) is 6.80. The molecule has 1 aromatic heterocycles. The lowest BCUT2D eigenvalue weighted by atomic mass is 9.96. The van der Waals surface area contributed by atoms with E-state index in [1.54, 1.807) is 12.1 Å². The third-order valence-electron chi connectivity index (χ3n) is 4.93. The van der Waals surface area contributed by atoms with Crippen molar-refractivity contribution in [2.45, 2.75) is 25.2 Å². The van der Waals surface area contributed by atoms with Gasteiger partial charge in [-0.15, -0.1) is 0 Å². The molecule has 1 N–H and O–H groups in total. The molecule has 1 heterocycles. The van der Waals surface area contributed by atoms with Gasteiger partial charge in [-0.3, -0.25) is 9.59 Å². The fourth-order valence-electron chi connectivity index (χ4n) is 3.23. The molecule has 2 aromatic carbocycles. The number of amides is 1. The van der Waals surface area contributed by atoms with Gasteiger partial charge in [0.15, 0.2) is 11.2 Å². The molecule has 1 fully saturated rings. The third-order valence-corrected chi connectivity index (χ3v) is 4.93. The summed E-state index contributed by atoms with van der Waals surface area (Å²) in [5, 5.41) is 3.43. The Morgan fingerprint density at radius 3 is 2.60 bits per heavy atom. The second-order valence-corrected chi connectivity index (χ2v) is 6.80. The summed E-state index contributed by atoms with van der Waals surface area (Å²) < 4.78 is 5.64. The predicted octanol–water partition coefficient (Wildman–Crippen LogP) is 3.56. The van der Waals surface area contributed by atoms with Crippen molar-refractivity contribution in [2.75, 3.05) is 6.54 Å². The number of rotatable bonds is 4. The Morgan fingerprint density at radius 1 is 1.12 bits per heavy atom. The fourth-order valence-corrected chi connectivity index (χ4v) is 3.23. The van der Waals surface area contributed by atoms with Gasteiger partial charge in [-0.05, 0) is 37.5 Å². The maximum Gasteiger partial charge on any atom is 0.287 e. The number of nitrogens with one attached hydrogen (secondary N) is 1. The molecule has 1 aliphatic carbocycles. The Labute approximate surface area is 145 Å². The average Bonchev–Trinajstić information content (AvgIpc) is 3.42. The van der Waals surface area contributed by atoms with Gasteiger partial charge in [-0.1, -0.05) is 42.0 Å². The Balaban J connectivity index is 1.55. The molecule has 25 heavy (non-hydrogen) atoms. The monoisotopic (exact) mass is 333 g/mol. The summed E-state index contributed by atoms with van der Waals surface area (Å²) in [6, 6.07) is 16.9. The van der Waals surface area contributed by atoms with E-state index in [1.807, 2.05) is 31.2 Å². The molecule has 4 nitrogen and oxygen atoms in total. The molecule has 1 aliphatic rings. The van der Waals surface area contributed by atoms with Crippen LogP contribution in [0.25, 0.3) is 11.0 Å². The van der Waals surface area contributed by atoms with Crippen LogP contribution in [0.2, 0.25) is 0 Å².